The first-order valence-electron chi connectivity index (χ1n) is 9.79. The number of aromatic amines is 1. The molecule has 2 N–H and O–H groups in total. The van der Waals surface area contributed by atoms with Crippen LogP contribution in [0.2, 0.25) is 0 Å². The summed E-state index contributed by atoms with van der Waals surface area (Å²) in [5.74, 6) is 1.28. The lowest BCUT2D eigenvalue weighted by atomic mass is 10.1. The number of ether oxygens (including phenoxy) is 1. The Hall–Kier alpha value is -3.06. The van der Waals surface area contributed by atoms with Crippen LogP contribution in [0.1, 0.15) is 23.2 Å². The normalized spacial score (nSPS) is 10.6. The number of hydrogen-bond acceptors (Lipinski definition) is 5. The topological polar surface area (TPSA) is 84.1 Å². The van der Waals surface area contributed by atoms with Gasteiger partial charge >= 0.3 is 0 Å². The van der Waals surface area contributed by atoms with Crippen LogP contribution in [0, 0.1) is 0 Å². The zero-order chi connectivity index (χ0) is 21.2. The molecule has 1 aromatic heterocycles. The fourth-order valence-corrected chi connectivity index (χ4v) is 3.79. The lowest BCUT2D eigenvalue weighted by Gasteiger charge is -2.07. The van der Waals surface area contributed by atoms with Gasteiger partial charge in [-0.2, -0.15) is 0 Å². The molecule has 0 saturated heterocycles. The number of H-pyrrole nitrogens is 1. The maximum absolute atomic E-state index is 12.2. The van der Waals surface area contributed by atoms with Crippen molar-refractivity contribution in [1.82, 2.24) is 15.3 Å². The molecule has 7 heteroatoms. The van der Waals surface area contributed by atoms with Crippen LogP contribution < -0.4 is 15.6 Å². The second kappa shape index (κ2) is 11.2. The number of carbonyl (C=O) groups excluding carboxylic acids is 1. The average Bonchev–Trinajstić information content (AvgIpc) is 2.76. The zero-order valence-electron chi connectivity index (χ0n) is 16.9. The number of nitrogens with zero attached hydrogens (tertiary/aromatic N) is 1. The summed E-state index contributed by atoms with van der Waals surface area (Å²) in [6, 6.07) is 19.3. The summed E-state index contributed by atoms with van der Waals surface area (Å²) in [5.41, 5.74) is 2.52. The third-order valence-corrected chi connectivity index (χ3v) is 5.38. The van der Waals surface area contributed by atoms with E-state index in [-0.39, 0.29) is 17.9 Å². The molecule has 0 saturated carbocycles. The van der Waals surface area contributed by atoms with E-state index in [0.717, 1.165) is 24.2 Å². The van der Waals surface area contributed by atoms with Crippen LogP contribution in [0.3, 0.4) is 0 Å². The van der Waals surface area contributed by atoms with Crippen LogP contribution in [0.4, 0.5) is 0 Å². The molecule has 156 valence electrons. The Bertz CT molecular complexity index is 1020. The summed E-state index contributed by atoms with van der Waals surface area (Å²) in [4.78, 5) is 31.3. The van der Waals surface area contributed by atoms with Crippen molar-refractivity contribution in [2.45, 2.75) is 30.2 Å². The van der Waals surface area contributed by atoms with Gasteiger partial charge in [-0.3, -0.25) is 9.59 Å². The molecule has 0 bridgehead atoms. The number of amides is 1. The van der Waals surface area contributed by atoms with Crippen LogP contribution in [-0.4, -0.2) is 29.5 Å². The minimum absolute atomic E-state index is 0.0853. The molecule has 30 heavy (non-hydrogen) atoms. The van der Waals surface area contributed by atoms with Gasteiger partial charge in [-0.05, 0) is 36.1 Å². The van der Waals surface area contributed by atoms with Crippen molar-refractivity contribution in [2.24, 2.45) is 0 Å². The van der Waals surface area contributed by atoms with Gasteiger partial charge in [0.1, 0.15) is 5.75 Å². The first kappa shape index (κ1) is 21.6. The van der Waals surface area contributed by atoms with Gasteiger partial charge in [-0.1, -0.05) is 54.2 Å². The minimum atomic E-state index is -0.259. The Morgan fingerprint density at radius 2 is 1.90 bits per heavy atom. The Labute approximate surface area is 180 Å². The van der Waals surface area contributed by atoms with E-state index >= 15 is 0 Å². The number of methoxy groups -OCH3 is 1. The zero-order valence-corrected chi connectivity index (χ0v) is 17.7. The van der Waals surface area contributed by atoms with Crippen LogP contribution in [0.15, 0.2) is 70.6 Å². The fraction of sp³-hybridized carbons (Fsp3) is 0.261. The van der Waals surface area contributed by atoms with Gasteiger partial charge in [-0.25, -0.2) is 4.98 Å². The molecule has 0 atom stereocenters. The van der Waals surface area contributed by atoms with Crippen molar-refractivity contribution in [3.05, 3.63) is 87.8 Å². The first-order chi connectivity index (χ1) is 14.6. The maximum Gasteiger partial charge on any atom is 0.251 e. The molecule has 0 aliphatic carbocycles. The third kappa shape index (κ3) is 7.08. The van der Waals surface area contributed by atoms with Gasteiger partial charge in [0.25, 0.3) is 5.56 Å². The van der Waals surface area contributed by atoms with E-state index in [2.05, 4.69) is 27.4 Å². The lowest BCUT2D eigenvalue weighted by Crippen LogP contribution is -2.27. The number of benzene rings is 2. The van der Waals surface area contributed by atoms with Crippen molar-refractivity contribution in [3.8, 4) is 5.75 Å². The first-order valence-corrected chi connectivity index (χ1v) is 10.8. The van der Waals surface area contributed by atoms with Gasteiger partial charge in [0, 0.05) is 18.4 Å². The lowest BCUT2D eigenvalue weighted by molar-refractivity contribution is -0.120. The molecule has 0 fully saturated rings. The molecule has 6 nitrogen and oxygen atoms in total. The fourth-order valence-electron chi connectivity index (χ4n) is 2.95. The Morgan fingerprint density at radius 1 is 1.10 bits per heavy atom. The van der Waals surface area contributed by atoms with Crippen LogP contribution in [0.25, 0.3) is 0 Å². The predicted octanol–water partition coefficient (Wildman–Crippen LogP) is 3.36. The SMILES string of the molecule is COc1cccc(CSc2nc(CC(=O)NCCCc3ccccc3)cc(=O)[nH]2)c1. The van der Waals surface area contributed by atoms with Crippen LogP contribution >= 0.6 is 11.8 Å². The van der Waals surface area contributed by atoms with Gasteiger partial charge in [-0.15, -0.1) is 0 Å². The van der Waals surface area contributed by atoms with Gasteiger partial charge in [0.2, 0.25) is 5.91 Å². The summed E-state index contributed by atoms with van der Waals surface area (Å²) >= 11 is 1.41. The van der Waals surface area contributed by atoms with E-state index in [1.54, 1.807) is 7.11 Å². The number of carbonyl (C=O) groups is 1. The van der Waals surface area contributed by atoms with Crippen LogP contribution in [0.5, 0.6) is 5.75 Å². The summed E-state index contributed by atoms with van der Waals surface area (Å²) in [6.45, 7) is 0.592. The largest absolute Gasteiger partial charge is 0.497 e. The highest BCUT2D eigenvalue weighted by Crippen LogP contribution is 2.21. The van der Waals surface area contributed by atoms with E-state index in [4.69, 9.17) is 4.74 Å². The molecule has 1 amide bonds. The number of rotatable bonds is 10. The Kier molecular flexibility index (Phi) is 8.09. The number of thioether (sulfide) groups is 1. The van der Waals surface area contributed by atoms with Crippen molar-refractivity contribution in [3.63, 3.8) is 0 Å². The molecular weight excluding hydrogens is 398 g/mol. The highest BCUT2D eigenvalue weighted by Gasteiger charge is 2.08. The second-order valence-electron chi connectivity index (χ2n) is 6.80. The molecule has 1 heterocycles. The third-order valence-electron chi connectivity index (χ3n) is 4.43. The summed E-state index contributed by atoms with van der Waals surface area (Å²) < 4.78 is 5.23. The van der Waals surface area contributed by atoms with Gasteiger partial charge < -0.3 is 15.0 Å². The number of hydrogen-bond donors (Lipinski definition) is 2. The highest BCUT2D eigenvalue weighted by atomic mass is 32.2. The summed E-state index contributed by atoms with van der Waals surface area (Å²) in [7, 11) is 1.63. The van der Waals surface area contributed by atoms with E-state index in [1.165, 1.54) is 23.4 Å². The standard InChI is InChI=1S/C23H25N3O3S/c1-29-20-11-5-9-18(13-20)16-30-23-25-19(15-22(28)26-23)14-21(27)24-12-6-10-17-7-3-2-4-8-17/h2-5,7-9,11,13,15H,6,10,12,14,16H2,1H3,(H,24,27)(H,25,26,28). The average molecular weight is 424 g/mol. The van der Waals surface area contributed by atoms with Gasteiger partial charge in [0.15, 0.2) is 5.16 Å². The monoisotopic (exact) mass is 423 g/mol. The smallest absolute Gasteiger partial charge is 0.251 e. The molecule has 0 aliphatic rings. The van der Waals surface area contributed by atoms with E-state index in [9.17, 15) is 9.59 Å². The number of nitrogens with one attached hydrogen (secondary N) is 2. The Balaban J connectivity index is 1.49. The quantitative estimate of drug-likeness (QED) is 0.297. The summed E-state index contributed by atoms with van der Waals surface area (Å²) in [6.07, 6.45) is 1.86. The maximum atomic E-state index is 12.2. The van der Waals surface area contributed by atoms with Crippen molar-refractivity contribution < 1.29 is 9.53 Å². The molecule has 0 spiro atoms. The van der Waals surface area contributed by atoms with Gasteiger partial charge in [0.05, 0.1) is 19.2 Å². The minimum Gasteiger partial charge on any atom is -0.497 e. The molecule has 0 radical (unpaired) electrons. The molecule has 3 rings (SSSR count). The Morgan fingerprint density at radius 3 is 2.70 bits per heavy atom. The van der Waals surface area contributed by atoms with Crippen molar-refractivity contribution in [1.29, 1.82) is 0 Å². The predicted molar refractivity (Wildman–Crippen MR) is 119 cm³/mol. The van der Waals surface area contributed by atoms with E-state index < -0.39 is 0 Å². The van der Waals surface area contributed by atoms with Crippen molar-refractivity contribution >= 4 is 17.7 Å². The second-order valence-corrected chi connectivity index (χ2v) is 7.76. The molecule has 0 unspecified atom stereocenters. The molecule has 3 aromatic rings. The number of aryl methyl sites for hydroxylation is 1. The molecule has 0 aliphatic heterocycles. The van der Waals surface area contributed by atoms with Crippen LogP contribution in [-0.2, 0) is 23.4 Å². The van der Waals surface area contributed by atoms with Crippen molar-refractivity contribution in [2.75, 3.05) is 13.7 Å². The van der Waals surface area contributed by atoms with E-state index in [1.807, 2.05) is 42.5 Å². The van der Waals surface area contributed by atoms with E-state index in [0.29, 0.717) is 23.1 Å². The molecular formula is C23H25N3O3S. The number of aromatic nitrogens is 2. The highest BCUT2D eigenvalue weighted by molar-refractivity contribution is 7.98. The molecule has 2 aromatic carbocycles. The summed E-state index contributed by atoms with van der Waals surface area (Å²) in [5, 5.41) is 3.40.